The van der Waals surface area contributed by atoms with Gasteiger partial charge in [-0.05, 0) is 64.0 Å². The van der Waals surface area contributed by atoms with Crippen molar-refractivity contribution in [2.45, 2.75) is 0 Å². The van der Waals surface area contributed by atoms with Crippen LogP contribution in [0.1, 0.15) is 15.9 Å². The molecule has 2 aromatic carbocycles. The Hall–Kier alpha value is -2.60. The zero-order chi connectivity index (χ0) is 18.4. The number of amides is 1. The number of phenolic OH excluding ortho intramolecular Hbond substituents is 1. The summed E-state index contributed by atoms with van der Waals surface area (Å²) in [6.07, 6.45) is 3.14. The van der Waals surface area contributed by atoms with Crippen LogP contribution in [0.25, 0.3) is 6.08 Å². The van der Waals surface area contributed by atoms with Crippen molar-refractivity contribution in [3.63, 3.8) is 0 Å². The molecule has 0 radical (unpaired) electrons. The largest absolute Gasteiger partial charge is 0.507 e. The number of nitrogens with zero attached hydrogens (tertiary/aromatic N) is 1. The Bertz CT molecular complexity index is 798. The third kappa shape index (κ3) is 5.46. The van der Waals surface area contributed by atoms with Gasteiger partial charge in [0.05, 0.1) is 4.47 Å². The summed E-state index contributed by atoms with van der Waals surface area (Å²) in [6, 6.07) is 11.6. The molecule has 5 nitrogen and oxygen atoms in total. The van der Waals surface area contributed by atoms with E-state index in [4.69, 9.17) is 4.74 Å². The van der Waals surface area contributed by atoms with E-state index < -0.39 is 0 Å². The number of hydrogen-bond acceptors (Lipinski definition) is 4. The molecule has 0 heterocycles. The Kier molecular flexibility index (Phi) is 6.36. The molecule has 2 aromatic rings. The molecule has 0 atom stereocenters. The highest BCUT2D eigenvalue weighted by molar-refractivity contribution is 9.10. The summed E-state index contributed by atoms with van der Waals surface area (Å²) in [7, 11) is 3.32. The summed E-state index contributed by atoms with van der Waals surface area (Å²) in [5.74, 6) is 0.383. The highest BCUT2D eigenvalue weighted by Gasteiger charge is 2.06. The van der Waals surface area contributed by atoms with Crippen LogP contribution < -0.4 is 4.74 Å². The van der Waals surface area contributed by atoms with E-state index in [9.17, 15) is 14.7 Å². The second-order valence-corrected chi connectivity index (χ2v) is 6.36. The van der Waals surface area contributed by atoms with Gasteiger partial charge in [-0.1, -0.05) is 12.1 Å². The molecule has 0 unspecified atom stereocenters. The van der Waals surface area contributed by atoms with E-state index in [0.29, 0.717) is 15.8 Å². The Morgan fingerprint density at radius 2 is 1.84 bits per heavy atom. The summed E-state index contributed by atoms with van der Waals surface area (Å²) in [4.78, 5) is 25.1. The van der Waals surface area contributed by atoms with Crippen LogP contribution in [0.3, 0.4) is 0 Å². The summed E-state index contributed by atoms with van der Waals surface area (Å²) in [5.41, 5.74) is 1.31. The molecule has 0 aliphatic heterocycles. The lowest BCUT2D eigenvalue weighted by Gasteiger charge is -2.11. The fraction of sp³-hybridized carbons (Fsp3) is 0.158. The number of ether oxygens (including phenoxy) is 1. The molecule has 0 aliphatic rings. The lowest BCUT2D eigenvalue weighted by atomic mass is 10.1. The van der Waals surface area contributed by atoms with Gasteiger partial charge >= 0.3 is 0 Å². The third-order valence-electron chi connectivity index (χ3n) is 3.40. The number of halogens is 1. The number of rotatable bonds is 6. The molecule has 1 amide bonds. The van der Waals surface area contributed by atoms with Crippen molar-refractivity contribution < 1.29 is 19.4 Å². The number of carbonyl (C=O) groups excluding carboxylic acids is 2. The smallest absolute Gasteiger partial charge is 0.259 e. The first kappa shape index (κ1) is 18.7. The van der Waals surface area contributed by atoms with Gasteiger partial charge in [-0.3, -0.25) is 9.59 Å². The number of hydrogen-bond donors (Lipinski definition) is 1. The monoisotopic (exact) mass is 403 g/mol. The Balaban J connectivity index is 1.98. The number of benzene rings is 2. The molecule has 25 heavy (non-hydrogen) atoms. The van der Waals surface area contributed by atoms with Gasteiger partial charge in [0.1, 0.15) is 11.5 Å². The molecule has 0 aromatic heterocycles. The zero-order valence-corrected chi connectivity index (χ0v) is 15.5. The summed E-state index contributed by atoms with van der Waals surface area (Å²) >= 11 is 3.23. The van der Waals surface area contributed by atoms with Crippen molar-refractivity contribution in [1.82, 2.24) is 4.90 Å². The average Bonchev–Trinajstić information content (AvgIpc) is 2.60. The van der Waals surface area contributed by atoms with Gasteiger partial charge in [0.15, 0.2) is 12.4 Å². The van der Waals surface area contributed by atoms with Crippen LogP contribution in [0.2, 0.25) is 0 Å². The van der Waals surface area contributed by atoms with Crippen molar-refractivity contribution in [3.8, 4) is 11.5 Å². The summed E-state index contributed by atoms with van der Waals surface area (Å²) < 4.78 is 5.93. The molecule has 0 bridgehead atoms. The van der Waals surface area contributed by atoms with Crippen molar-refractivity contribution >= 4 is 33.7 Å². The van der Waals surface area contributed by atoms with Crippen LogP contribution in [-0.4, -0.2) is 42.4 Å². The van der Waals surface area contributed by atoms with Gasteiger partial charge in [0.2, 0.25) is 0 Å². The maximum absolute atomic E-state index is 12.2. The Labute approximate surface area is 154 Å². The van der Waals surface area contributed by atoms with E-state index in [1.165, 1.54) is 11.0 Å². The van der Waals surface area contributed by atoms with E-state index >= 15 is 0 Å². The number of carbonyl (C=O) groups is 2. The van der Waals surface area contributed by atoms with Gasteiger partial charge in [0.25, 0.3) is 5.91 Å². The fourth-order valence-corrected chi connectivity index (χ4v) is 2.28. The maximum atomic E-state index is 12.2. The average molecular weight is 404 g/mol. The highest BCUT2D eigenvalue weighted by atomic mass is 79.9. The van der Waals surface area contributed by atoms with Crippen LogP contribution in [0.4, 0.5) is 0 Å². The van der Waals surface area contributed by atoms with Crippen molar-refractivity contribution in [3.05, 3.63) is 64.1 Å². The standard InChI is InChI=1S/C19H18BrNO4/c1-21(2)19(24)12-25-15-7-5-14(6-8-15)17(22)9-3-13-4-10-18(23)16(20)11-13/h3-11,23H,12H2,1-2H3/b9-3+. The Morgan fingerprint density at radius 1 is 1.16 bits per heavy atom. The molecule has 0 aliphatic carbocycles. The first-order valence-electron chi connectivity index (χ1n) is 7.51. The number of likely N-dealkylation sites (N-methyl/N-ethyl adjacent to an activating group) is 1. The van der Waals surface area contributed by atoms with Gasteiger partial charge in [-0.15, -0.1) is 0 Å². The molecule has 6 heteroatoms. The van der Waals surface area contributed by atoms with Gasteiger partial charge in [-0.2, -0.15) is 0 Å². The van der Waals surface area contributed by atoms with Crippen molar-refractivity contribution in [1.29, 1.82) is 0 Å². The van der Waals surface area contributed by atoms with E-state index in [-0.39, 0.29) is 24.0 Å². The molecule has 0 saturated carbocycles. The number of ketones is 1. The maximum Gasteiger partial charge on any atom is 0.259 e. The minimum atomic E-state index is -0.153. The lowest BCUT2D eigenvalue weighted by molar-refractivity contribution is -0.130. The predicted molar refractivity (Wildman–Crippen MR) is 99.8 cm³/mol. The molecule has 0 saturated heterocycles. The number of phenols is 1. The van der Waals surface area contributed by atoms with Gasteiger partial charge in [0, 0.05) is 19.7 Å². The number of allylic oxidation sites excluding steroid dienone is 1. The van der Waals surface area contributed by atoms with E-state index in [1.54, 1.807) is 62.6 Å². The van der Waals surface area contributed by atoms with Crippen LogP contribution in [-0.2, 0) is 4.79 Å². The fourth-order valence-electron chi connectivity index (χ4n) is 1.88. The van der Waals surface area contributed by atoms with Gasteiger partial charge in [-0.25, -0.2) is 0 Å². The Morgan fingerprint density at radius 3 is 2.44 bits per heavy atom. The van der Waals surface area contributed by atoms with Crippen LogP contribution in [0.5, 0.6) is 11.5 Å². The topological polar surface area (TPSA) is 66.8 Å². The predicted octanol–water partition coefficient (Wildman–Crippen LogP) is 3.52. The second-order valence-electron chi connectivity index (χ2n) is 5.51. The highest BCUT2D eigenvalue weighted by Crippen LogP contribution is 2.24. The molecule has 1 N–H and O–H groups in total. The minimum Gasteiger partial charge on any atom is -0.507 e. The quantitative estimate of drug-likeness (QED) is 0.591. The molecule has 0 fully saturated rings. The van der Waals surface area contributed by atoms with Crippen LogP contribution in [0.15, 0.2) is 53.0 Å². The van der Waals surface area contributed by atoms with E-state index in [2.05, 4.69) is 15.9 Å². The first-order chi connectivity index (χ1) is 11.9. The normalized spacial score (nSPS) is 10.7. The van der Waals surface area contributed by atoms with Crippen molar-refractivity contribution in [2.24, 2.45) is 0 Å². The molecule has 0 spiro atoms. The van der Waals surface area contributed by atoms with Crippen molar-refractivity contribution in [2.75, 3.05) is 20.7 Å². The van der Waals surface area contributed by atoms with Crippen LogP contribution in [0, 0.1) is 0 Å². The van der Waals surface area contributed by atoms with E-state index in [0.717, 1.165) is 5.56 Å². The molecular formula is C19H18BrNO4. The molecular weight excluding hydrogens is 386 g/mol. The SMILES string of the molecule is CN(C)C(=O)COc1ccc(C(=O)/C=C/c2ccc(O)c(Br)c2)cc1. The summed E-state index contributed by atoms with van der Waals surface area (Å²) in [5, 5.41) is 9.46. The summed E-state index contributed by atoms with van der Waals surface area (Å²) in [6.45, 7) is -0.0457. The lowest BCUT2D eigenvalue weighted by Crippen LogP contribution is -2.27. The number of aromatic hydroxyl groups is 1. The minimum absolute atomic E-state index is 0.0457. The van der Waals surface area contributed by atoms with Gasteiger partial charge < -0.3 is 14.7 Å². The first-order valence-corrected chi connectivity index (χ1v) is 8.30. The van der Waals surface area contributed by atoms with E-state index in [1.807, 2.05) is 0 Å². The molecule has 2 rings (SSSR count). The molecule has 130 valence electrons. The second kappa shape index (κ2) is 8.48. The van der Waals surface area contributed by atoms with Crippen LogP contribution >= 0.6 is 15.9 Å². The zero-order valence-electron chi connectivity index (χ0n) is 13.9. The third-order valence-corrected chi connectivity index (χ3v) is 4.03.